The van der Waals surface area contributed by atoms with E-state index in [1.165, 1.54) is 17.2 Å². The lowest BCUT2D eigenvalue weighted by molar-refractivity contribution is 0.0493. The fourth-order valence-electron chi connectivity index (χ4n) is 3.53. The zero-order valence-corrected chi connectivity index (χ0v) is 14.9. The molecule has 1 fully saturated rings. The van der Waals surface area contributed by atoms with Crippen LogP contribution >= 0.6 is 0 Å². The van der Waals surface area contributed by atoms with Gasteiger partial charge in [-0.25, -0.2) is 4.39 Å². The molecule has 0 aliphatic carbocycles. The van der Waals surface area contributed by atoms with E-state index in [1.54, 1.807) is 6.07 Å². The van der Waals surface area contributed by atoms with Crippen molar-refractivity contribution in [1.29, 1.82) is 0 Å². The highest BCUT2D eigenvalue weighted by Crippen LogP contribution is 2.19. The van der Waals surface area contributed by atoms with Gasteiger partial charge in [0.2, 0.25) is 0 Å². The predicted molar refractivity (Wildman–Crippen MR) is 98.8 cm³/mol. The lowest BCUT2D eigenvalue weighted by Crippen LogP contribution is -2.52. The first-order valence-corrected chi connectivity index (χ1v) is 9.02. The number of aliphatic hydroxyl groups is 1. The van der Waals surface area contributed by atoms with Crippen molar-refractivity contribution in [2.24, 2.45) is 0 Å². The standard InChI is InChI=1S/C21H27FN2O/c1-17-6-8-18(9-7-17)14-23-11-12-24(20(16-23)10-13-25)15-19-4-2-3-5-21(19)22/h2-9,20,25H,10-16H2,1H3/t20-/m0/s1. The van der Waals surface area contributed by atoms with Crippen LogP contribution in [0.3, 0.4) is 0 Å². The minimum atomic E-state index is -0.146. The van der Waals surface area contributed by atoms with E-state index in [2.05, 4.69) is 41.0 Å². The molecule has 0 spiro atoms. The quantitative estimate of drug-likeness (QED) is 0.873. The molecule has 1 N–H and O–H groups in total. The average Bonchev–Trinajstić information content (AvgIpc) is 2.61. The number of aryl methyl sites for hydroxylation is 1. The smallest absolute Gasteiger partial charge is 0.127 e. The van der Waals surface area contributed by atoms with Crippen molar-refractivity contribution in [1.82, 2.24) is 9.80 Å². The van der Waals surface area contributed by atoms with Crippen LogP contribution in [0, 0.1) is 12.7 Å². The van der Waals surface area contributed by atoms with Gasteiger partial charge in [-0.1, -0.05) is 48.0 Å². The number of hydrogen-bond donors (Lipinski definition) is 1. The maximum Gasteiger partial charge on any atom is 0.127 e. The molecule has 1 aliphatic heterocycles. The minimum absolute atomic E-state index is 0.146. The Balaban J connectivity index is 1.63. The predicted octanol–water partition coefficient (Wildman–Crippen LogP) is 3.20. The summed E-state index contributed by atoms with van der Waals surface area (Å²) in [6, 6.07) is 15.9. The van der Waals surface area contributed by atoms with E-state index in [4.69, 9.17) is 0 Å². The zero-order chi connectivity index (χ0) is 17.6. The van der Waals surface area contributed by atoms with Gasteiger partial charge in [-0.05, 0) is 25.0 Å². The Bertz CT molecular complexity index is 674. The Morgan fingerprint density at radius 3 is 2.52 bits per heavy atom. The normalized spacial score (nSPS) is 19.2. The number of hydrogen-bond acceptors (Lipinski definition) is 3. The summed E-state index contributed by atoms with van der Waals surface area (Å²) >= 11 is 0. The summed E-state index contributed by atoms with van der Waals surface area (Å²) in [5.41, 5.74) is 3.32. The van der Waals surface area contributed by atoms with E-state index in [9.17, 15) is 9.50 Å². The fourth-order valence-corrected chi connectivity index (χ4v) is 3.53. The first-order valence-electron chi connectivity index (χ1n) is 9.02. The molecule has 0 bridgehead atoms. The van der Waals surface area contributed by atoms with Crippen molar-refractivity contribution < 1.29 is 9.50 Å². The number of piperazine rings is 1. The van der Waals surface area contributed by atoms with Crippen molar-refractivity contribution >= 4 is 0 Å². The van der Waals surface area contributed by atoms with Gasteiger partial charge in [0.05, 0.1) is 0 Å². The van der Waals surface area contributed by atoms with Crippen LogP contribution in [0.4, 0.5) is 4.39 Å². The molecule has 4 heteroatoms. The molecular weight excluding hydrogens is 315 g/mol. The lowest BCUT2D eigenvalue weighted by atomic mass is 10.1. The molecule has 1 aliphatic rings. The highest BCUT2D eigenvalue weighted by Gasteiger charge is 2.27. The van der Waals surface area contributed by atoms with Gasteiger partial charge in [0.25, 0.3) is 0 Å². The second-order valence-electron chi connectivity index (χ2n) is 6.95. The number of nitrogens with zero attached hydrogens (tertiary/aromatic N) is 2. The maximum atomic E-state index is 14.0. The highest BCUT2D eigenvalue weighted by atomic mass is 19.1. The molecule has 0 aromatic heterocycles. The van der Waals surface area contributed by atoms with Crippen LogP contribution in [0.15, 0.2) is 48.5 Å². The van der Waals surface area contributed by atoms with Crippen LogP contribution in [0.5, 0.6) is 0 Å². The molecular formula is C21H27FN2O. The van der Waals surface area contributed by atoms with E-state index >= 15 is 0 Å². The van der Waals surface area contributed by atoms with Gasteiger partial charge in [-0.15, -0.1) is 0 Å². The summed E-state index contributed by atoms with van der Waals surface area (Å²) in [6.07, 6.45) is 0.721. The summed E-state index contributed by atoms with van der Waals surface area (Å²) in [5.74, 6) is -0.146. The minimum Gasteiger partial charge on any atom is -0.396 e. The van der Waals surface area contributed by atoms with Crippen LogP contribution < -0.4 is 0 Å². The molecule has 3 nitrogen and oxygen atoms in total. The molecule has 134 valence electrons. The number of benzene rings is 2. The van der Waals surface area contributed by atoms with Gasteiger partial charge < -0.3 is 5.11 Å². The van der Waals surface area contributed by atoms with Crippen molar-refractivity contribution in [3.05, 3.63) is 71.0 Å². The van der Waals surface area contributed by atoms with Crippen LogP contribution in [-0.2, 0) is 13.1 Å². The van der Waals surface area contributed by atoms with E-state index in [0.717, 1.165) is 38.2 Å². The van der Waals surface area contributed by atoms with Gasteiger partial charge in [0.1, 0.15) is 5.82 Å². The Hall–Kier alpha value is -1.75. The third-order valence-electron chi connectivity index (χ3n) is 5.01. The largest absolute Gasteiger partial charge is 0.396 e. The second-order valence-corrected chi connectivity index (χ2v) is 6.95. The topological polar surface area (TPSA) is 26.7 Å². The molecule has 0 amide bonds. The highest BCUT2D eigenvalue weighted by molar-refractivity contribution is 5.21. The van der Waals surface area contributed by atoms with Crippen LogP contribution in [0.2, 0.25) is 0 Å². The zero-order valence-electron chi connectivity index (χ0n) is 14.9. The summed E-state index contributed by atoms with van der Waals surface area (Å²) < 4.78 is 14.0. The molecule has 3 rings (SSSR count). The van der Waals surface area contributed by atoms with E-state index in [1.807, 2.05) is 12.1 Å². The lowest BCUT2D eigenvalue weighted by Gasteiger charge is -2.41. The third-order valence-corrected chi connectivity index (χ3v) is 5.01. The van der Waals surface area contributed by atoms with Gasteiger partial charge in [-0.2, -0.15) is 0 Å². The first kappa shape index (κ1) is 18.1. The molecule has 0 unspecified atom stereocenters. The van der Waals surface area contributed by atoms with E-state index in [-0.39, 0.29) is 18.5 Å². The maximum absolute atomic E-state index is 14.0. The van der Waals surface area contributed by atoms with Gasteiger partial charge in [-0.3, -0.25) is 9.80 Å². The summed E-state index contributed by atoms with van der Waals surface area (Å²) in [6.45, 7) is 6.56. The summed E-state index contributed by atoms with van der Waals surface area (Å²) in [7, 11) is 0. The van der Waals surface area contributed by atoms with E-state index in [0.29, 0.717) is 6.54 Å². The Kier molecular flexibility index (Phi) is 6.19. The monoisotopic (exact) mass is 342 g/mol. The first-order chi connectivity index (χ1) is 12.2. The van der Waals surface area contributed by atoms with Crippen molar-refractivity contribution in [3.8, 4) is 0 Å². The fraction of sp³-hybridized carbons (Fsp3) is 0.429. The Labute approximate surface area is 149 Å². The summed E-state index contributed by atoms with van der Waals surface area (Å²) in [5, 5.41) is 9.44. The van der Waals surface area contributed by atoms with Crippen molar-refractivity contribution in [2.75, 3.05) is 26.2 Å². The molecule has 1 heterocycles. The average molecular weight is 342 g/mol. The van der Waals surface area contributed by atoms with Crippen molar-refractivity contribution in [2.45, 2.75) is 32.5 Å². The van der Waals surface area contributed by atoms with Crippen LogP contribution in [0.1, 0.15) is 23.1 Å². The van der Waals surface area contributed by atoms with Gasteiger partial charge in [0.15, 0.2) is 0 Å². The number of halogens is 1. The SMILES string of the molecule is Cc1ccc(CN2CCN(Cc3ccccc3F)[C@@H](CCO)C2)cc1. The van der Waals surface area contributed by atoms with E-state index < -0.39 is 0 Å². The molecule has 25 heavy (non-hydrogen) atoms. The molecule has 2 aromatic rings. The number of aliphatic hydroxyl groups excluding tert-OH is 1. The van der Waals surface area contributed by atoms with Gasteiger partial charge >= 0.3 is 0 Å². The third kappa shape index (κ3) is 4.88. The Morgan fingerprint density at radius 1 is 1.04 bits per heavy atom. The molecule has 0 radical (unpaired) electrons. The molecule has 0 saturated carbocycles. The second kappa shape index (κ2) is 8.56. The molecule has 1 atom stereocenters. The van der Waals surface area contributed by atoms with Crippen LogP contribution in [-0.4, -0.2) is 47.2 Å². The van der Waals surface area contributed by atoms with Gasteiger partial charge in [0, 0.05) is 50.9 Å². The summed E-state index contributed by atoms with van der Waals surface area (Å²) in [4.78, 5) is 4.74. The number of rotatable bonds is 6. The molecule has 2 aromatic carbocycles. The molecule has 1 saturated heterocycles. The van der Waals surface area contributed by atoms with Crippen LogP contribution in [0.25, 0.3) is 0 Å². The Morgan fingerprint density at radius 2 is 1.80 bits per heavy atom. The van der Waals surface area contributed by atoms with Crippen molar-refractivity contribution in [3.63, 3.8) is 0 Å².